The number of fused-ring (bicyclic) bond motifs is 1. The lowest BCUT2D eigenvalue weighted by molar-refractivity contribution is -0.131. The van der Waals surface area contributed by atoms with E-state index in [0.29, 0.717) is 11.3 Å². The molecule has 154 valence electrons. The zero-order chi connectivity index (χ0) is 21.5. The van der Waals surface area contributed by atoms with Gasteiger partial charge in [-0.2, -0.15) is 0 Å². The summed E-state index contributed by atoms with van der Waals surface area (Å²) in [6.07, 6.45) is 3.65. The SMILES string of the molecule is CCCc1ccc([C@@]2(C)NC(=O)N(Cc3cc(=O)n4cccc(C)c4n3)C2=O)cc1. The van der Waals surface area contributed by atoms with Gasteiger partial charge in [-0.05, 0) is 43.0 Å². The number of urea groups is 1. The third-order valence-electron chi connectivity index (χ3n) is 5.60. The highest BCUT2D eigenvalue weighted by atomic mass is 16.2. The van der Waals surface area contributed by atoms with Crippen LogP contribution in [0.2, 0.25) is 0 Å². The van der Waals surface area contributed by atoms with Gasteiger partial charge < -0.3 is 5.32 Å². The zero-order valence-corrected chi connectivity index (χ0v) is 17.3. The number of rotatable bonds is 5. The van der Waals surface area contributed by atoms with E-state index in [-0.39, 0.29) is 18.0 Å². The van der Waals surface area contributed by atoms with Crippen LogP contribution in [0, 0.1) is 6.92 Å². The topological polar surface area (TPSA) is 83.8 Å². The zero-order valence-electron chi connectivity index (χ0n) is 17.3. The highest BCUT2D eigenvalue weighted by molar-refractivity contribution is 6.07. The Kier molecular flexibility index (Phi) is 4.89. The van der Waals surface area contributed by atoms with E-state index in [2.05, 4.69) is 17.2 Å². The fraction of sp³-hybridized carbons (Fsp3) is 0.304. The molecule has 0 bridgehead atoms. The number of carbonyl (C=O) groups excluding carboxylic acids is 2. The summed E-state index contributed by atoms with van der Waals surface area (Å²) in [7, 11) is 0. The predicted octanol–water partition coefficient (Wildman–Crippen LogP) is 2.92. The van der Waals surface area contributed by atoms with Gasteiger partial charge in [-0.1, -0.05) is 43.7 Å². The van der Waals surface area contributed by atoms with Crippen molar-refractivity contribution in [2.45, 2.75) is 45.7 Å². The van der Waals surface area contributed by atoms with Crippen molar-refractivity contribution in [3.05, 3.63) is 81.4 Å². The molecule has 0 unspecified atom stereocenters. The highest BCUT2D eigenvalue weighted by Crippen LogP contribution is 2.30. The van der Waals surface area contributed by atoms with Crippen molar-refractivity contribution in [2.75, 3.05) is 0 Å². The second-order valence-corrected chi connectivity index (χ2v) is 7.86. The minimum Gasteiger partial charge on any atom is -0.319 e. The lowest BCUT2D eigenvalue weighted by Crippen LogP contribution is -2.40. The van der Waals surface area contributed by atoms with E-state index < -0.39 is 11.6 Å². The molecule has 7 nitrogen and oxygen atoms in total. The average molecular weight is 404 g/mol. The van der Waals surface area contributed by atoms with Crippen molar-refractivity contribution in [1.82, 2.24) is 19.6 Å². The molecular weight excluding hydrogens is 380 g/mol. The van der Waals surface area contributed by atoms with E-state index in [9.17, 15) is 14.4 Å². The van der Waals surface area contributed by atoms with Crippen LogP contribution in [0.5, 0.6) is 0 Å². The number of nitrogens with zero attached hydrogens (tertiary/aromatic N) is 3. The van der Waals surface area contributed by atoms with Crippen LogP contribution in [-0.4, -0.2) is 26.2 Å². The predicted molar refractivity (Wildman–Crippen MR) is 113 cm³/mol. The Morgan fingerprint density at radius 2 is 1.83 bits per heavy atom. The Hall–Kier alpha value is -3.48. The molecule has 30 heavy (non-hydrogen) atoms. The molecule has 1 aliphatic rings. The molecule has 0 aliphatic carbocycles. The molecular formula is C23H24N4O3. The summed E-state index contributed by atoms with van der Waals surface area (Å²) >= 11 is 0. The normalized spacial score (nSPS) is 18.8. The van der Waals surface area contributed by atoms with Crippen molar-refractivity contribution in [3.63, 3.8) is 0 Å². The first-order valence-corrected chi connectivity index (χ1v) is 10.0. The number of benzene rings is 1. The molecule has 4 rings (SSSR count). The minimum atomic E-state index is -1.15. The Morgan fingerprint density at radius 3 is 2.53 bits per heavy atom. The number of imide groups is 1. The molecule has 0 radical (unpaired) electrons. The highest BCUT2D eigenvalue weighted by Gasteiger charge is 2.49. The Balaban J connectivity index is 1.64. The minimum absolute atomic E-state index is 0.0613. The number of pyridine rings is 1. The molecule has 1 aromatic carbocycles. The second-order valence-electron chi connectivity index (χ2n) is 7.86. The Morgan fingerprint density at radius 1 is 1.10 bits per heavy atom. The van der Waals surface area contributed by atoms with Gasteiger partial charge in [0, 0.05) is 12.3 Å². The smallest absolute Gasteiger partial charge is 0.319 e. The van der Waals surface area contributed by atoms with Gasteiger partial charge in [-0.3, -0.25) is 18.9 Å². The number of aromatic nitrogens is 2. The summed E-state index contributed by atoms with van der Waals surface area (Å²) in [5.74, 6) is -0.359. The molecule has 7 heteroatoms. The summed E-state index contributed by atoms with van der Waals surface area (Å²) in [5.41, 5.74) is 2.25. The van der Waals surface area contributed by atoms with Crippen molar-refractivity contribution in [2.24, 2.45) is 0 Å². The number of hydrogen-bond donors (Lipinski definition) is 1. The molecule has 1 N–H and O–H groups in total. The largest absolute Gasteiger partial charge is 0.325 e. The molecule has 3 heterocycles. The maximum Gasteiger partial charge on any atom is 0.325 e. The van der Waals surface area contributed by atoms with Gasteiger partial charge in [0.05, 0.1) is 12.2 Å². The molecule has 1 aliphatic heterocycles. The molecule has 1 fully saturated rings. The molecule has 3 aromatic rings. The average Bonchev–Trinajstić information content (AvgIpc) is 2.94. The lowest BCUT2D eigenvalue weighted by atomic mass is 9.91. The second kappa shape index (κ2) is 7.40. The standard InChI is InChI=1S/C23H24N4O3/c1-4-6-16-8-10-17(11-9-16)23(3)21(29)27(22(30)25-23)14-18-13-19(28)26-12-5-7-15(2)20(26)24-18/h5,7-13H,4,6,14H2,1-3H3,(H,25,30)/t23-/m1/s1. The van der Waals surface area contributed by atoms with E-state index in [4.69, 9.17) is 0 Å². The number of nitrogens with one attached hydrogen (secondary N) is 1. The van der Waals surface area contributed by atoms with E-state index >= 15 is 0 Å². The lowest BCUT2D eigenvalue weighted by Gasteiger charge is -2.22. The van der Waals surface area contributed by atoms with Crippen LogP contribution in [0.25, 0.3) is 5.65 Å². The van der Waals surface area contributed by atoms with Crippen molar-refractivity contribution >= 4 is 17.6 Å². The van der Waals surface area contributed by atoms with Gasteiger partial charge >= 0.3 is 6.03 Å². The van der Waals surface area contributed by atoms with E-state index in [1.54, 1.807) is 19.2 Å². The fourth-order valence-electron chi connectivity index (χ4n) is 3.88. The van der Waals surface area contributed by atoms with E-state index in [1.165, 1.54) is 16.0 Å². The van der Waals surface area contributed by atoms with Crippen LogP contribution in [-0.2, 0) is 23.3 Å². The van der Waals surface area contributed by atoms with Crippen LogP contribution < -0.4 is 10.9 Å². The molecule has 0 saturated carbocycles. The van der Waals surface area contributed by atoms with Gasteiger partial charge in [0.25, 0.3) is 11.5 Å². The van der Waals surface area contributed by atoms with Gasteiger partial charge in [-0.25, -0.2) is 9.78 Å². The van der Waals surface area contributed by atoms with Crippen LogP contribution in [0.15, 0.2) is 53.5 Å². The summed E-state index contributed by atoms with van der Waals surface area (Å²) < 4.78 is 1.45. The molecule has 1 atom stereocenters. The van der Waals surface area contributed by atoms with Crippen LogP contribution in [0.3, 0.4) is 0 Å². The molecule has 2 aromatic heterocycles. The van der Waals surface area contributed by atoms with Crippen LogP contribution >= 0.6 is 0 Å². The Labute approximate surface area is 174 Å². The summed E-state index contributed by atoms with van der Waals surface area (Å²) in [4.78, 5) is 43.9. The van der Waals surface area contributed by atoms with E-state index in [1.807, 2.05) is 37.3 Å². The molecule has 3 amide bonds. The fourth-order valence-corrected chi connectivity index (χ4v) is 3.88. The first-order valence-electron chi connectivity index (χ1n) is 10.0. The quantitative estimate of drug-likeness (QED) is 0.663. The van der Waals surface area contributed by atoms with Gasteiger partial charge in [-0.15, -0.1) is 0 Å². The van der Waals surface area contributed by atoms with Gasteiger partial charge in [0.15, 0.2) is 0 Å². The third kappa shape index (κ3) is 3.26. The molecule has 0 spiro atoms. The number of amides is 3. The van der Waals surface area contributed by atoms with E-state index in [0.717, 1.165) is 28.9 Å². The van der Waals surface area contributed by atoms with Crippen molar-refractivity contribution < 1.29 is 9.59 Å². The number of hydrogen-bond acceptors (Lipinski definition) is 4. The summed E-state index contributed by atoms with van der Waals surface area (Å²) in [5, 5.41) is 2.81. The third-order valence-corrected chi connectivity index (χ3v) is 5.60. The Bertz CT molecular complexity index is 1200. The first kappa shape index (κ1) is 19.8. The van der Waals surface area contributed by atoms with Crippen LogP contribution in [0.4, 0.5) is 4.79 Å². The number of aryl methyl sites for hydroxylation is 2. The maximum absolute atomic E-state index is 13.2. The van der Waals surface area contributed by atoms with Crippen molar-refractivity contribution in [3.8, 4) is 0 Å². The summed E-state index contributed by atoms with van der Waals surface area (Å²) in [6, 6.07) is 12.3. The number of carbonyl (C=O) groups is 2. The summed E-state index contributed by atoms with van der Waals surface area (Å²) in [6.45, 7) is 5.61. The maximum atomic E-state index is 13.2. The van der Waals surface area contributed by atoms with Crippen molar-refractivity contribution in [1.29, 1.82) is 0 Å². The van der Waals surface area contributed by atoms with Crippen LogP contribution in [0.1, 0.15) is 42.7 Å². The van der Waals surface area contributed by atoms with Gasteiger partial charge in [0.1, 0.15) is 11.2 Å². The molecule has 1 saturated heterocycles. The first-order chi connectivity index (χ1) is 14.3. The van der Waals surface area contributed by atoms with Gasteiger partial charge in [0.2, 0.25) is 0 Å². The monoisotopic (exact) mass is 404 g/mol.